The van der Waals surface area contributed by atoms with Gasteiger partial charge in [0.1, 0.15) is 40.7 Å². The van der Waals surface area contributed by atoms with E-state index < -0.39 is 35.0 Å². The molecule has 3 spiro atoms. The number of hydrogen-bond acceptors (Lipinski definition) is 13. The molecule has 0 amide bonds. The highest BCUT2D eigenvalue weighted by molar-refractivity contribution is 6.01. The maximum absolute atomic E-state index is 16.0. The minimum atomic E-state index is -0.838. The summed E-state index contributed by atoms with van der Waals surface area (Å²) >= 11 is 0. The van der Waals surface area contributed by atoms with E-state index in [1.54, 1.807) is 18.2 Å². The number of aromatic hydroxyl groups is 3. The van der Waals surface area contributed by atoms with Crippen LogP contribution >= 0.6 is 0 Å². The fourth-order valence-corrected chi connectivity index (χ4v) is 21.2. The topological polar surface area (TPSA) is 216 Å². The highest BCUT2D eigenvalue weighted by atomic mass is 16.5. The number of nitrogens with one attached hydrogen (secondary N) is 2. The van der Waals surface area contributed by atoms with Gasteiger partial charge in [-0.3, -0.25) is 14.4 Å². The number of carbonyl (C=O) groups excluding carboxylic acids is 3. The van der Waals surface area contributed by atoms with Crippen LogP contribution in [-0.2, 0) is 44.8 Å². The van der Waals surface area contributed by atoms with Gasteiger partial charge in [-0.15, -0.1) is 0 Å². The van der Waals surface area contributed by atoms with E-state index in [0.29, 0.717) is 75.3 Å². The summed E-state index contributed by atoms with van der Waals surface area (Å²) in [6.07, 6.45) is 32.2. The van der Waals surface area contributed by atoms with Gasteiger partial charge in [-0.05, 0) is 219 Å². The number of phenols is 3. The number of aromatic nitrogens is 2. The second-order valence-corrected chi connectivity index (χ2v) is 31.8. The van der Waals surface area contributed by atoms with Crippen LogP contribution in [0.2, 0.25) is 0 Å². The van der Waals surface area contributed by atoms with Crippen molar-refractivity contribution in [3.63, 3.8) is 0 Å². The summed E-state index contributed by atoms with van der Waals surface area (Å²) in [5.41, 5.74) is 9.22. The van der Waals surface area contributed by atoms with Crippen molar-refractivity contribution in [2.45, 2.75) is 192 Å². The van der Waals surface area contributed by atoms with Crippen molar-refractivity contribution in [1.82, 2.24) is 14.9 Å². The Balaban J connectivity index is 0.926. The maximum atomic E-state index is 16.0. The first-order chi connectivity index (χ1) is 48.5. The van der Waals surface area contributed by atoms with Crippen LogP contribution < -0.4 is 19.7 Å². The molecular weight excluding hydrogens is 1250 g/mol. The summed E-state index contributed by atoms with van der Waals surface area (Å²) < 4.78 is 21.7. The van der Waals surface area contributed by atoms with Gasteiger partial charge in [-0.2, -0.15) is 0 Å². The number of allylic oxidation sites excluding steroid dienone is 6. The molecule has 0 radical (unpaired) electrons. The zero-order valence-electron chi connectivity index (χ0n) is 58.1. The number of ketones is 2. The van der Waals surface area contributed by atoms with E-state index in [4.69, 9.17) is 14.2 Å². The lowest BCUT2D eigenvalue weighted by atomic mass is 9.61. The number of phenolic OH excluding ortho intramolecular Hbond substituents is 3. The molecule has 15 heteroatoms. The number of methoxy groups -OCH3 is 1. The predicted molar refractivity (Wildman–Crippen MR) is 384 cm³/mol. The van der Waals surface area contributed by atoms with Gasteiger partial charge in [-0.25, -0.2) is 0 Å². The fraction of sp³-hybridized carbons (Fsp3) is 0.494. The van der Waals surface area contributed by atoms with E-state index in [1.807, 2.05) is 24.3 Å². The summed E-state index contributed by atoms with van der Waals surface area (Å²) in [6, 6.07) is 18.0. The third-order valence-electron chi connectivity index (χ3n) is 26.1. The van der Waals surface area contributed by atoms with Crippen LogP contribution in [0.25, 0.3) is 10.8 Å². The number of hydrogen-bond donors (Lipinski definition) is 7. The number of nitrogens with zero attached hydrogens (tertiary/aromatic N) is 2. The van der Waals surface area contributed by atoms with Gasteiger partial charge >= 0.3 is 5.97 Å². The Labute approximate surface area is 586 Å². The van der Waals surface area contributed by atoms with Gasteiger partial charge < -0.3 is 59.5 Å². The molecule has 13 aliphatic rings. The normalized spacial score (nSPS) is 30.1. The van der Waals surface area contributed by atoms with E-state index in [0.717, 1.165) is 150 Å². The molecule has 6 aliphatic heterocycles. The number of Topliss-reactive ketones (excluding diaryl/α,β-unsaturated/α-hetero) is 2. The number of dihydropyridines is 1. The Kier molecular flexibility index (Phi) is 17.5. The predicted octanol–water partition coefficient (Wildman–Crippen LogP) is 15.6. The smallest absolute Gasteiger partial charge is 0.302 e. The van der Waals surface area contributed by atoms with Gasteiger partial charge in [0.2, 0.25) is 5.75 Å². The Morgan fingerprint density at radius 1 is 0.880 bits per heavy atom. The van der Waals surface area contributed by atoms with Crippen LogP contribution in [0.4, 0.5) is 5.69 Å². The van der Waals surface area contributed by atoms with E-state index in [9.17, 15) is 35.1 Å². The number of esters is 1. The molecule has 522 valence electrons. The zero-order chi connectivity index (χ0) is 68.8. The molecule has 3 fully saturated rings. The van der Waals surface area contributed by atoms with Crippen molar-refractivity contribution in [2.24, 2.45) is 45.8 Å². The van der Waals surface area contributed by atoms with Crippen molar-refractivity contribution in [2.75, 3.05) is 31.7 Å². The molecule has 100 heavy (non-hydrogen) atoms. The van der Waals surface area contributed by atoms with Crippen molar-refractivity contribution in [3.8, 4) is 46.3 Å². The van der Waals surface area contributed by atoms with Crippen molar-refractivity contribution >= 4 is 34.0 Å². The van der Waals surface area contributed by atoms with E-state index >= 15 is 4.79 Å². The van der Waals surface area contributed by atoms with Gasteiger partial charge in [0.15, 0.2) is 11.5 Å². The molecule has 7 N–H and O–H groups in total. The molecule has 4 aromatic carbocycles. The lowest BCUT2D eigenvalue weighted by Gasteiger charge is -2.43. The number of carbonyl (C=O) groups is 3. The molecule has 2 aromatic heterocycles. The number of anilines is 1. The number of aromatic amines is 1. The van der Waals surface area contributed by atoms with Gasteiger partial charge in [0, 0.05) is 116 Å². The number of fused-ring (bicyclic) bond motifs is 1. The molecule has 16 bridgehead atoms. The lowest BCUT2D eigenvalue weighted by molar-refractivity contribution is -0.148. The number of aliphatic hydroxyl groups is 2. The second kappa shape index (κ2) is 26.5. The van der Waals surface area contributed by atoms with Crippen LogP contribution in [0.1, 0.15) is 204 Å². The molecule has 0 saturated heterocycles. The number of H-pyrrole nitrogens is 1. The standard InChI is InChI=1S/C85H96N4O11/c1-50-10-7-14-61-15-9-17-67-69-46-86-45-60(69)43-85(50,61)27-23-65(99-51(2)91)39-64(94)40-72-58-36-75(96)81(77(37-58)98-3)100-76-41-63(93)35-57-33-54(18-19-66(57)76)59(48-90)32-52-22-26-83(42-52)28-29-84(49-83)44-73-80-68(82(84)97)20-21-71(70(80)47-89(72)73)88(31-25-74(95)53-11-5-4-6-12-53)78-38-56(24-30-87-78)79(67)55-13-8-16-62(92)34-55/h7-8,10,13-14,16,20-21,24,34-38,41,45-47,50,52-54,59,65,67,72,79,82,86-87,90,92-93,96-97H,4-6,11-12,15,18-19,22-23,25-33,39-40,42-44,48-49H2,1-3H3/t50-,52+,54-,59+,65-,67-,72-,79-,82-,83+,84+,85-/m1/s1. The molecule has 8 heterocycles. The SMILES string of the molecule is COc1cc2cc(O)c1Oc1cc(O)cc3c1CC[C@H](C3)[C@H](CO)C[C@@H]1CC[C@]3(CC[C@]4(Cc5c6c(ccc7c6cn5[C@@H]2CC(=O)C[C@H](OC(C)=O)CC[C@]25Cc6c[nH]cc6[C@@H](C#CCC2=CC=C[C@H]5C)[C@H](c2cccc(O)c2)C2=CCNC(=C2)N7CCC(=O)C2CCCCC2)[C@H]4O)C3)C1. The van der Waals surface area contributed by atoms with Gasteiger partial charge in [-0.1, -0.05) is 86.1 Å². The summed E-state index contributed by atoms with van der Waals surface area (Å²) in [4.78, 5) is 50.2. The molecule has 12 atom stereocenters. The molecule has 0 unspecified atom stereocenters. The summed E-state index contributed by atoms with van der Waals surface area (Å²) in [5.74, 6) is 8.57. The zero-order valence-corrected chi connectivity index (χ0v) is 58.1. The minimum Gasteiger partial charge on any atom is -0.508 e. The quantitative estimate of drug-likeness (QED) is 0.0558. The van der Waals surface area contributed by atoms with Crippen LogP contribution in [0, 0.1) is 57.7 Å². The summed E-state index contributed by atoms with van der Waals surface area (Å²) in [5, 5.41) is 66.1. The monoisotopic (exact) mass is 1350 g/mol. The van der Waals surface area contributed by atoms with E-state index in [1.165, 1.54) is 19.6 Å². The van der Waals surface area contributed by atoms with E-state index in [-0.39, 0.29) is 107 Å². The van der Waals surface area contributed by atoms with Gasteiger partial charge in [0.05, 0.1) is 30.9 Å². The number of aliphatic hydroxyl groups excluding tert-OH is 2. The molecule has 15 nitrogen and oxygen atoms in total. The average Bonchev–Trinajstić information content (AvgIpc) is 1.53. The molecule has 3 saturated carbocycles. The Hall–Kier alpha value is -8.45. The minimum absolute atomic E-state index is 0.0256. The van der Waals surface area contributed by atoms with Crippen molar-refractivity contribution in [1.29, 1.82) is 0 Å². The van der Waals surface area contributed by atoms with Crippen molar-refractivity contribution in [3.05, 3.63) is 171 Å². The first-order valence-corrected chi connectivity index (χ1v) is 37.3. The van der Waals surface area contributed by atoms with Crippen LogP contribution in [0.5, 0.6) is 34.5 Å². The second-order valence-electron chi connectivity index (χ2n) is 31.8. The molecular formula is C85H96N4O11. The average molecular weight is 1350 g/mol. The Morgan fingerprint density at radius 2 is 1.75 bits per heavy atom. The van der Waals surface area contributed by atoms with Crippen LogP contribution in [0.3, 0.4) is 0 Å². The summed E-state index contributed by atoms with van der Waals surface area (Å²) in [6.45, 7) is 4.53. The van der Waals surface area contributed by atoms with E-state index in [2.05, 4.69) is 106 Å². The first kappa shape index (κ1) is 66.1. The number of benzene rings is 4. The molecule has 7 aliphatic carbocycles. The lowest BCUT2D eigenvalue weighted by Crippen LogP contribution is -2.37. The summed E-state index contributed by atoms with van der Waals surface area (Å²) in [7, 11) is 1.53. The Bertz CT molecular complexity index is 4440. The van der Waals surface area contributed by atoms with Crippen LogP contribution in [0.15, 0.2) is 127 Å². The first-order valence-electron chi connectivity index (χ1n) is 37.3. The largest absolute Gasteiger partial charge is 0.508 e. The maximum Gasteiger partial charge on any atom is 0.302 e. The highest BCUT2D eigenvalue weighted by Gasteiger charge is 2.57. The third kappa shape index (κ3) is 11.9. The highest BCUT2D eigenvalue weighted by Crippen LogP contribution is 2.67. The van der Waals surface area contributed by atoms with Crippen molar-refractivity contribution < 1.29 is 54.1 Å². The van der Waals surface area contributed by atoms with Crippen LogP contribution in [-0.4, -0.2) is 85.5 Å². The fourth-order valence-electron chi connectivity index (χ4n) is 21.2. The number of ether oxygens (including phenoxy) is 3. The third-order valence-corrected chi connectivity index (χ3v) is 26.1. The Morgan fingerprint density at radius 3 is 2.58 bits per heavy atom. The van der Waals surface area contributed by atoms with Gasteiger partial charge in [0.25, 0.3) is 0 Å². The number of rotatable bonds is 8. The molecule has 19 rings (SSSR count). The molecule has 6 aromatic rings.